The number of halogens is 1. The highest BCUT2D eigenvalue weighted by atomic mass is 35.5. The van der Waals surface area contributed by atoms with Gasteiger partial charge in [-0.05, 0) is 61.7 Å². The van der Waals surface area contributed by atoms with Crippen LogP contribution in [0.2, 0.25) is 5.02 Å². The first-order valence-corrected chi connectivity index (χ1v) is 12.1. The molecule has 7 nitrogen and oxygen atoms in total. The Kier molecular flexibility index (Phi) is 4.84. The van der Waals surface area contributed by atoms with Gasteiger partial charge in [0.15, 0.2) is 0 Å². The van der Waals surface area contributed by atoms with Crippen molar-refractivity contribution in [3.63, 3.8) is 0 Å². The lowest BCUT2D eigenvalue weighted by molar-refractivity contribution is 0.0867. The first-order valence-electron chi connectivity index (χ1n) is 12.7. The van der Waals surface area contributed by atoms with E-state index in [0.717, 1.165) is 22.2 Å². The van der Waals surface area contributed by atoms with Gasteiger partial charge in [-0.1, -0.05) is 48.0 Å². The van der Waals surface area contributed by atoms with Gasteiger partial charge < -0.3 is 9.88 Å². The standard InChI is InChI=1S/C28H25ClN6O/c1-18-8-11-25-24(14-18)31-26-12-13-28(16-34(25)26,20-6-4-3-5-7-20)32-27(36)22-10-9-21(15-23(22)29)35-17-30-19(2)33-35/h3-11,14-15,17H,12-13,16H2,1-2H3,(H,32,36)/t28-/m1/s1/i12D2. The fraction of sp³-hybridized carbons (Fsp3) is 0.214. The number of aromatic nitrogens is 5. The molecule has 1 N–H and O–H groups in total. The maximum atomic E-state index is 13.8. The number of carbonyl (C=O) groups excluding carboxylic acids is 1. The molecule has 1 amide bonds. The third kappa shape index (κ3) is 3.85. The van der Waals surface area contributed by atoms with Gasteiger partial charge in [-0.25, -0.2) is 14.6 Å². The van der Waals surface area contributed by atoms with Gasteiger partial charge in [0.1, 0.15) is 18.0 Å². The Morgan fingerprint density at radius 1 is 1.11 bits per heavy atom. The summed E-state index contributed by atoms with van der Waals surface area (Å²) in [6.07, 6.45) is -0.192. The monoisotopic (exact) mass is 498 g/mol. The Bertz CT molecular complexity index is 1700. The number of hydrogen-bond acceptors (Lipinski definition) is 4. The molecule has 3 aromatic carbocycles. The van der Waals surface area contributed by atoms with Crippen LogP contribution in [-0.2, 0) is 18.5 Å². The second-order valence-corrected chi connectivity index (χ2v) is 9.58. The second-order valence-electron chi connectivity index (χ2n) is 9.17. The summed E-state index contributed by atoms with van der Waals surface area (Å²) in [4.78, 5) is 22.6. The fourth-order valence-corrected chi connectivity index (χ4v) is 5.04. The van der Waals surface area contributed by atoms with Crippen LogP contribution in [0.5, 0.6) is 0 Å². The van der Waals surface area contributed by atoms with Crippen molar-refractivity contribution < 1.29 is 7.54 Å². The smallest absolute Gasteiger partial charge is 0.253 e. The van der Waals surface area contributed by atoms with E-state index >= 15 is 0 Å². The van der Waals surface area contributed by atoms with E-state index < -0.39 is 11.9 Å². The molecule has 0 spiro atoms. The van der Waals surface area contributed by atoms with Gasteiger partial charge in [0.05, 0.1) is 39.4 Å². The molecular formula is C28H25ClN6O. The molecule has 1 atom stereocenters. The average molecular weight is 499 g/mol. The molecule has 1 aliphatic heterocycles. The first kappa shape index (κ1) is 20.2. The van der Waals surface area contributed by atoms with Crippen molar-refractivity contribution in [2.75, 3.05) is 0 Å². The molecule has 0 bridgehead atoms. The summed E-state index contributed by atoms with van der Waals surface area (Å²) >= 11 is 6.59. The summed E-state index contributed by atoms with van der Waals surface area (Å²) in [7, 11) is 0. The van der Waals surface area contributed by atoms with E-state index in [0.29, 0.717) is 29.4 Å². The maximum Gasteiger partial charge on any atom is 0.253 e. The zero-order valence-electron chi connectivity index (χ0n) is 21.9. The van der Waals surface area contributed by atoms with Gasteiger partial charge in [-0.2, -0.15) is 5.10 Å². The van der Waals surface area contributed by atoms with Crippen LogP contribution in [0.25, 0.3) is 16.7 Å². The summed E-state index contributed by atoms with van der Waals surface area (Å²) in [6.45, 7) is 4.10. The van der Waals surface area contributed by atoms with Crippen LogP contribution in [-0.4, -0.2) is 30.2 Å². The highest BCUT2D eigenvalue weighted by Crippen LogP contribution is 2.36. The number of hydrogen-bond donors (Lipinski definition) is 1. The van der Waals surface area contributed by atoms with Crippen molar-refractivity contribution in [3.8, 4) is 5.69 Å². The van der Waals surface area contributed by atoms with Crippen LogP contribution in [0.3, 0.4) is 0 Å². The Morgan fingerprint density at radius 3 is 2.69 bits per heavy atom. The van der Waals surface area contributed by atoms with Crippen molar-refractivity contribution >= 4 is 28.5 Å². The van der Waals surface area contributed by atoms with Crippen molar-refractivity contribution in [2.45, 2.75) is 38.7 Å². The van der Waals surface area contributed by atoms with Crippen LogP contribution >= 0.6 is 11.6 Å². The Morgan fingerprint density at radius 2 is 1.94 bits per heavy atom. The third-order valence-corrected chi connectivity index (χ3v) is 6.94. The molecule has 2 aromatic heterocycles. The minimum Gasteiger partial charge on any atom is -0.341 e. The van der Waals surface area contributed by atoms with E-state index in [1.165, 1.54) is 0 Å². The van der Waals surface area contributed by atoms with Gasteiger partial charge >= 0.3 is 0 Å². The topological polar surface area (TPSA) is 77.6 Å². The number of carbonyl (C=O) groups is 1. The molecule has 5 aromatic rings. The molecule has 36 heavy (non-hydrogen) atoms. The molecule has 6 rings (SSSR count). The molecule has 8 heteroatoms. The zero-order valence-corrected chi connectivity index (χ0v) is 20.6. The predicted molar refractivity (Wildman–Crippen MR) is 139 cm³/mol. The van der Waals surface area contributed by atoms with Crippen molar-refractivity contribution in [1.29, 1.82) is 0 Å². The summed E-state index contributed by atoms with van der Waals surface area (Å²) in [5.74, 6) is 0.602. The van der Waals surface area contributed by atoms with Gasteiger partial charge in [0.2, 0.25) is 0 Å². The summed E-state index contributed by atoms with van der Waals surface area (Å²) in [5, 5.41) is 7.75. The number of aryl methyl sites for hydroxylation is 3. The fourth-order valence-electron chi connectivity index (χ4n) is 4.78. The Hall–Kier alpha value is -3.97. The number of imidazole rings is 1. The predicted octanol–water partition coefficient (Wildman–Crippen LogP) is 5.16. The molecule has 180 valence electrons. The normalized spacial score (nSPS) is 19.4. The number of rotatable bonds is 4. The lowest BCUT2D eigenvalue weighted by atomic mass is 9.82. The minimum atomic E-state index is -1.80. The molecule has 0 saturated carbocycles. The van der Waals surface area contributed by atoms with Crippen molar-refractivity contribution in [2.24, 2.45) is 0 Å². The molecular weight excluding hydrogens is 472 g/mol. The van der Waals surface area contributed by atoms with E-state index in [4.69, 9.17) is 14.3 Å². The Balaban J connectivity index is 1.43. The molecule has 0 aliphatic carbocycles. The van der Waals surface area contributed by atoms with E-state index in [1.807, 2.05) is 60.0 Å². The SMILES string of the molecule is [2H]C1([2H])C[C@](NC(=O)c2ccc(-n3cnc(C)n3)cc2Cl)(c2ccccc2)Cn2c1nc1cc(C)ccc12. The lowest BCUT2D eigenvalue weighted by Gasteiger charge is -2.39. The van der Waals surface area contributed by atoms with E-state index in [9.17, 15) is 4.79 Å². The van der Waals surface area contributed by atoms with Gasteiger partial charge in [-0.3, -0.25) is 4.79 Å². The molecule has 0 radical (unpaired) electrons. The summed E-state index contributed by atoms with van der Waals surface area (Å²) < 4.78 is 21.5. The number of nitrogens with one attached hydrogen (secondary N) is 1. The number of benzene rings is 3. The number of fused-ring (bicyclic) bond motifs is 3. The third-order valence-electron chi connectivity index (χ3n) is 6.63. The highest BCUT2D eigenvalue weighted by molar-refractivity contribution is 6.34. The molecule has 0 saturated heterocycles. The van der Waals surface area contributed by atoms with Crippen LogP contribution in [0.15, 0.2) is 73.1 Å². The second kappa shape index (κ2) is 8.60. The quantitative estimate of drug-likeness (QED) is 0.371. The molecule has 3 heterocycles. The van der Waals surface area contributed by atoms with Crippen molar-refractivity contribution in [3.05, 3.63) is 106 Å². The van der Waals surface area contributed by atoms with E-state index in [-0.39, 0.29) is 17.4 Å². The van der Waals surface area contributed by atoms with Crippen molar-refractivity contribution in [1.82, 2.24) is 29.6 Å². The number of nitrogens with zero attached hydrogens (tertiary/aromatic N) is 5. The zero-order chi connectivity index (χ0) is 26.7. The maximum absolute atomic E-state index is 13.8. The van der Waals surface area contributed by atoms with Gasteiger partial charge in [0, 0.05) is 9.11 Å². The minimum absolute atomic E-state index is 0.0198. The lowest BCUT2D eigenvalue weighted by Crippen LogP contribution is -2.51. The van der Waals surface area contributed by atoms with E-state index in [2.05, 4.69) is 20.4 Å². The van der Waals surface area contributed by atoms with Crippen LogP contribution in [0.4, 0.5) is 0 Å². The molecule has 0 fully saturated rings. The molecule has 0 unspecified atom stereocenters. The Labute approximate surface area is 216 Å². The molecule has 1 aliphatic rings. The first-order chi connectivity index (χ1) is 18.1. The van der Waals surface area contributed by atoms with Gasteiger partial charge in [-0.15, -0.1) is 0 Å². The highest BCUT2D eigenvalue weighted by Gasteiger charge is 2.39. The average Bonchev–Trinajstić information content (AvgIpc) is 3.48. The van der Waals surface area contributed by atoms with Crippen LogP contribution in [0.1, 0.15) is 42.3 Å². The number of amides is 1. The summed E-state index contributed by atoms with van der Waals surface area (Å²) in [6, 6.07) is 20.5. The van der Waals surface area contributed by atoms with Gasteiger partial charge in [0.25, 0.3) is 5.91 Å². The van der Waals surface area contributed by atoms with Crippen LogP contribution in [0, 0.1) is 13.8 Å². The largest absolute Gasteiger partial charge is 0.341 e. The van der Waals surface area contributed by atoms with E-state index in [1.54, 1.807) is 36.1 Å². The summed E-state index contributed by atoms with van der Waals surface area (Å²) in [5.41, 5.74) is 3.36. The van der Waals surface area contributed by atoms with Crippen LogP contribution < -0.4 is 5.32 Å².